The normalized spacial score (nSPS) is 14.3. The number of nitrogens with one attached hydrogen (secondary N) is 1. The van der Waals surface area contributed by atoms with Gasteiger partial charge >= 0.3 is 0 Å². The lowest BCUT2D eigenvalue weighted by Gasteiger charge is -2.14. The fourth-order valence-corrected chi connectivity index (χ4v) is 1.30. The highest BCUT2D eigenvalue weighted by molar-refractivity contribution is 6.30. The van der Waals surface area contributed by atoms with Gasteiger partial charge in [0.25, 0.3) is 0 Å². The minimum Gasteiger partial charge on any atom is -0.352 e. The zero-order valence-electron chi connectivity index (χ0n) is 8.90. The number of nitrogens with zero attached hydrogens (tertiary/aromatic N) is 1. The van der Waals surface area contributed by atoms with Gasteiger partial charge in [-0.2, -0.15) is 0 Å². The van der Waals surface area contributed by atoms with E-state index in [-0.39, 0.29) is 11.9 Å². The van der Waals surface area contributed by atoms with Gasteiger partial charge in [0.2, 0.25) is 5.91 Å². The first-order chi connectivity index (χ1) is 7.09. The predicted molar refractivity (Wildman–Crippen MR) is 60.9 cm³/mol. The summed E-state index contributed by atoms with van der Waals surface area (Å²) < 4.78 is 0. The number of carbonyl (C=O) groups excluding carboxylic acids is 1. The number of hydrogen-bond donors (Lipinski definition) is 1. The summed E-state index contributed by atoms with van der Waals surface area (Å²) in [6, 6.07) is 5.79. The molecule has 15 heavy (non-hydrogen) atoms. The van der Waals surface area contributed by atoms with Crippen molar-refractivity contribution in [2.75, 3.05) is 0 Å². The number of halogens is 1. The molecule has 0 aromatic carbocycles. The van der Waals surface area contributed by atoms with Crippen molar-refractivity contribution in [2.24, 2.45) is 0 Å². The highest BCUT2D eigenvalue weighted by Gasteiger charge is 2.12. The Labute approximate surface area is 94.9 Å². The largest absolute Gasteiger partial charge is 0.352 e. The fourth-order valence-electron chi connectivity index (χ4n) is 1.24. The molecule has 4 heteroatoms. The van der Waals surface area contributed by atoms with E-state index < -0.39 is 5.38 Å². The number of amides is 1. The quantitative estimate of drug-likeness (QED) is 0.795. The van der Waals surface area contributed by atoms with Crippen LogP contribution in [0, 0.1) is 0 Å². The monoisotopic (exact) mass is 226 g/mol. The molecule has 0 saturated heterocycles. The van der Waals surface area contributed by atoms with Crippen molar-refractivity contribution in [1.82, 2.24) is 10.3 Å². The summed E-state index contributed by atoms with van der Waals surface area (Å²) in [7, 11) is 0. The summed E-state index contributed by atoms with van der Waals surface area (Å²) in [5, 5.41) is 2.33. The van der Waals surface area contributed by atoms with Gasteiger partial charge in [0.05, 0.1) is 0 Å². The van der Waals surface area contributed by atoms with E-state index in [4.69, 9.17) is 11.6 Å². The van der Waals surface area contributed by atoms with Crippen molar-refractivity contribution < 1.29 is 4.79 Å². The number of aromatic nitrogens is 1. The third kappa shape index (κ3) is 4.30. The summed E-state index contributed by atoms with van der Waals surface area (Å²) >= 11 is 5.65. The molecule has 2 atom stereocenters. The molecule has 82 valence electrons. The summed E-state index contributed by atoms with van der Waals surface area (Å²) in [6.45, 7) is 3.59. The Kier molecular flexibility index (Phi) is 4.56. The van der Waals surface area contributed by atoms with Gasteiger partial charge < -0.3 is 5.32 Å². The lowest BCUT2D eigenvalue weighted by molar-refractivity contribution is -0.121. The maximum Gasteiger partial charge on any atom is 0.237 e. The average Bonchev–Trinajstić information content (AvgIpc) is 2.18. The van der Waals surface area contributed by atoms with Gasteiger partial charge in [-0.1, -0.05) is 6.07 Å². The van der Waals surface area contributed by atoms with E-state index >= 15 is 0 Å². The van der Waals surface area contributed by atoms with Crippen molar-refractivity contribution in [3.05, 3.63) is 30.1 Å². The van der Waals surface area contributed by atoms with Crippen LogP contribution in [0.4, 0.5) is 0 Å². The van der Waals surface area contributed by atoms with Gasteiger partial charge in [-0.3, -0.25) is 9.78 Å². The molecule has 1 amide bonds. The van der Waals surface area contributed by atoms with Crippen LogP contribution in [-0.2, 0) is 11.2 Å². The Hall–Kier alpha value is -1.09. The highest BCUT2D eigenvalue weighted by atomic mass is 35.5. The Morgan fingerprint density at radius 2 is 2.27 bits per heavy atom. The van der Waals surface area contributed by atoms with Crippen LogP contribution >= 0.6 is 11.6 Å². The molecular weight excluding hydrogens is 212 g/mol. The van der Waals surface area contributed by atoms with Crippen molar-refractivity contribution in [1.29, 1.82) is 0 Å². The first-order valence-electron chi connectivity index (χ1n) is 4.94. The molecule has 0 fully saturated rings. The number of hydrogen-bond acceptors (Lipinski definition) is 2. The second-order valence-electron chi connectivity index (χ2n) is 3.55. The van der Waals surface area contributed by atoms with E-state index in [1.165, 1.54) is 0 Å². The molecule has 0 aliphatic rings. The topological polar surface area (TPSA) is 42.0 Å². The van der Waals surface area contributed by atoms with Crippen molar-refractivity contribution >= 4 is 17.5 Å². The lowest BCUT2D eigenvalue weighted by atomic mass is 10.1. The molecule has 1 heterocycles. The summed E-state index contributed by atoms with van der Waals surface area (Å²) in [5.74, 6) is -0.139. The van der Waals surface area contributed by atoms with Crippen LogP contribution < -0.4 is 5.32 Å². The zero-order chi connectivity index (χ0) is 11.3. The Balaban J connectivity index is 2.43. The van der Waals surface area contributed by atoms with E-state index in [0.29, 0.717) is 0 Å². The summed E-state index contributed by atoms with van der Waals surface area (Å²) in [6.07, 6.45) is 2.46. The first kappa shape index (κ1) is 12.0. The molecule has 2 unspecified atom stereocenters. The van der Waals surface area contributed by atoms with Crippen LogP contribution in [0.3, 0.4) is 0 Å². The van der Waals surface area contributed by atoms with E-state index in [1.54, 1.807) is 13.1 Å². The molecule has 0 bridgehead atoms. The number of carbonyl (C=O) groups is 1. The van der Waals surface area contributed by atoms with E-state index in [0.717, 1.165) is 12.1 Å². The first-order valence-corrected chi connectivity index (χ1v) is 5.37. The van der Waals surface area contributed by atoms with Gasteiger partial charge in [-0.05, 0) is 26.0 Å². The van der Waals surface area contributed by atoms with Gasteiger partial charge in [-0.25, -0.2) is 0 Å². The minimum atomic E-state index is -0.490. The van der Waals surface area contributed by atoms with Gasteiger partial charge in [0.1, 0.15) is 5.38 Å². The average molecular weight is 227 g/mol. The van der Waals surface area contributed by atoms with Crippen LogP contribution in [0.5, 0.6) is 0 Å². The standard InChI is InChI=1S/C11H15ClN2O/c1-8(14-11(15)9(2)12)7-10-5-3-4-6-13-10/h3-6,8-9H,7H2,1-2H3,(H,14,15). The summed E-state index contributed by atoms with van der Waals surface area (Å²) in [5.41, 5.74) is 0.965. The third-order valence-corrected chi connectivity index (χ3v) is 2.19. The number of rotatable bonds is 4. The molecule has 1 N–H and O–H groups in total. The van der Waals surface area contributed by atoms with E-state index in [1.807, 2.05) is 25.1 Å². The van der Waals surface area contributed by atoms with Crippen LogP contribution in [0.25, 0.3) is 0 Å². The van der Waals surface area contributed by atoms with Crippen LogP contribution in [0.2, 0.25) is 0 Å². The zero-order valence-corrected chi connectivity index (χ0v) is 9.66. The summed E-state index contributed by atoms with van der Waals surface area (Å²) in [4.78, 5) is 15.5. The molecule has 0 aliphatic carbocycles. The minimum absolute atomic E-state index is 0.0496. The molecule has 3 nitrogen and oxygen atoms in total. The Morgan fingerprint density at radius 1 is 1.53 bits per heavy atom. The van der Waals surface area contributed by atoms with Gasteiger partial charge in [0.15, 0.2) is 0 Å². The van der Waals surface area contributed by atoms with E-state index in [2.05, 4.69) is 10.3 Å². The molecule has 1 aromatic rings. The Morgan fingerprint density at radius 3 is 2.80 bits per heavy atom. The smallest absolute Gasteiger partial charge is 0.237 e. The third-order valence-electron chi connectivity index (χ3n) is 1.99. The molecule has 1 rings (SSSR count). The lowest BCUT2D eigenvalue weighted by Crippen LogP contribution is -2.38. The second kappa shape index (κ2) is 5.71. The fraction of sp³-hybridized carbons (Fsp3) is 0.455. The number of pyridine rings is 1. The molecule has 0 spiro atoms. The van der Waals surface area contributed by atoms with Crippen molar-refractivity contribution in [3.8, 4) is 0 Å². The second-order valence-corrected chi connectivity index (χ2v) is 4.21. The predicted octanol–water partition coefficient (Wildman–Crippen LogP) is 1.76. The number of alkyl halides is 1. The van der Waals surface area contributed by atoms with Gasteiger partial charge in [-0.15, -0.1) is 11.6 Å². The molecule has 0 saturated carbocycles. The Bertz CT molecular complexity index is 314. The van der Waals surface area contributed by atoms with E-state index in [9.17, 15) is 4.79 Å². The van der Waals surface area contributed by atoms with Crippen molar-refractivity contribution in [3.63, 3.8) is 0 Å². The maximum absolute atomic E-state index is 11.3. The maximum atomic E-state index is 11.3. The molecule has 0 radical (unpaired) electrons. The highest BCUT2D eigenvalue weighted by Crippen LogP contribution is 2.00. The van der Waals surface area contributed by atoms with Crippen LogP contribution in [-0.4, -0.2) is 22.3 Å². The SMILES string of the molecule is CC(Cc1ccccn1)NC(=O)C(C)Cl. The molecule has 1 aromatic heterocycles. The molecule has 0 aliphatic heterocycles. The van der Waals surface area contributed by atoms with Crippen LogP contribution in [0.1, 0.15) is 19.5 Å². The van der Waals surface area contributed by atoms with Crippen molar-refractivity contribution in [2.45, 2.75) is 31.7 Å². The molecular formula is C11H15ClN2O. The van der Waals surface area contributed by atoms with Gasteiger partial charge in [0, 0.05) is 24.4 Å². The van der Waals surface area contributed by atoms with Crippen LogP contribution in [0.15, 0.2) is 24.4 Å².